The summed E-state index contributed by atoms with van der Waals surface area (Å²) in [6.07, 6.45) is 2.02. The summed E-state index contributed by atoms with van der Waals surface area (Å²) < 4.78 is 0. The summed E-state index contributed by atoms with van der Waals surface area (Å²) in [6.45, 7) is 2.46. The Morgan fingerprint density at radius 3 is 2.94 bits per heavy atom. The molecule has 4 nitrogen and oxygen atoms in total. The first-order chi connectivity index (χ1) is 8.31. The van der Waals surface area contributed by atoms with Gasteiger partial charge in [0, 0.05) is 40.5 Å². The van der Waals surface area contributed by atoms with Crippen molar-refractivity contribution in [2.45, 2.75) is 13.5 Å². The molecule has 0 saturated heterocycles. The van der Waals surface area contributed by atoms with Gasteiger partial charge in [-0.1, -0.05) is 18.2 Å². The third-order valence-electron chi connectivity index (χ3n) is 3.07. The molecule has 0 aliphatic heterocycles. The number of hydrogen-bond acceptors (Lipinski definition) is 2. The molecule has 0 unspecified atom stereocenters. The highest BCUT2D eigenvalue weighted by molar-refractivity contribution is 5.96. The van der Waals surface area contributed by atoms with E-state index in [-0.39, 0.29) is 0 Å². The summed E-state index contributed by atoms with van der Waals surface area (Å²) in [7, 11) is 0. The van der Waals surface area contributed by atoms with Crippen molar-refractivity contribution in [2.24, 2.45) is 5.73 Å². The fourth-order valence-electron chi connectivity index (χ4n) is 2.26. The summed E-state index contributed by atoms with van der Waals surface area (Å²) in [5.41, 5.74) is 11.1. The maximum absolute atomic E-state index is 5.72. The van der Waals surface area contributed by atoms with Gasteiger partial charge in [-0.15, -0.1) is 0 Å². The number of aromatic amines is 2. The van der Waals surface area contributed by atoms with Crippen molar-refractivity contribution in [1.29, 1.82) is 0 Å². The van der Waals surface area contributed by atoms with Gasteiger partial charge in [-0.05, 0) is 13.0 Å². The van der Waals surface area contributed by atoms with Gasteiger partial charge in [0.2, 0.25) is 0 Å². The van der Waals surface area contributed by atoms with Crippen LogP contribution in [0.5, 0.6) is 0 Å². The molecule has 0 atom stereocenters. The van der Waals surface area contributed by atoms with Crippen molar-refractivity contribution in [2.75, 3.05) is 0 Å². The van der Waals surface area contributed by atoms with Crippen LogP contribution in [0.25, 0.3) is 22.0 Å². The summed E-state index contributed by atoms with van der Waals surface area (Å²) in [5, 5.41) is 8.43. The predicted octanol–water partition coefficient (Wildman–Crippen LogP) is 2.33. The predicted molar refractivity (Wildman–Crippen MR) is 68.5 cm³/mol. The molecule has 4 heteroatoms. The number of H-pyrrole nitrogens is 2. The summed E-state index contributed by atoms with van der Waals surface area (Å²) >= 11 is 0. The van der Waals surface area contributed by atoms with Crippen LogP contribution in [0.4, 0.5) is 0 Å². The molecular weight excluding hydrogens is 212 g/mol. The molecule has 0 amide bonds. The molecule has 3 rings (SSSR count). The van der Waals surface area contributed by atoms with Crippen LogP contribution >= 0.6 is 0 Å². The molecule has 0 radical (unpaired) electrons. The molecule has 0 bridgehead atoms. The highest BCUT2D eigenvalue weighted by Gasteiger charge is 2.14. The second-order valence-corrected chi connectivity index (χ2v) is 4.12. The van der Waals surface area contributed by atoms with E-state index in [9.17, 15) is 0 Å². The van der Waals surface area contributed by atoms with Crippen LogP contribution in [0.1, 0.15) is 11.4 Å². The molecule has 0 aliphatic rings. The van der Waals surface area contributed by atoms with Crippen molar-refractivity contribution < 1.29 is 0 Å². The summed E-state index contributed by atoms with van der Waals surface area (Å²) in [5.74, 6) is 0. The van der Waals surface area contributed by atoms with Gasteiger partial charge < -0.3 is 10.7 Å². The molecule has 2 aromatic heterocycles. The average Bonchev–Trinajstić information content (AvgIpc) is 2.92. The highest BCUT2D eigenvalue weighted by Crippen LogP contribution is 2.32. The molecule has 1 aromatic carbocycles. The average molecular weight is 226 g/mol. The molecule has 17 heavy (non-hydrogen) atoms. The molecule has 0 aliphatic carbocycles. The number of rotatable bonds is 2. The van der Waals surface area contributed by atoms with E-state index < -0.39 is 0 Å². The minimum atomic E-state index is 0.444. The Morgan fingerprint density at radius 2 is 2.12 bits per heavy atom. The van der Waals surface area contributed by atoms with Crippen molar-refractivity contribution in [1.82, 2.24) is 15.2 Å². The maximum atomic E-state index is 5.72. The van der Waals surface area contributed by atoms with E-state index in [4.69, 9.17) is 5.73 Å². The summed E-state index contributed by atoms with van der Waals surface area (Å²) in [4.78, 5) is 3.27. The molecule has 86 valence electrons. The smallest absolute Gasteiger partial charge is 0.0839 e. The summed E-state index contributed by atoms with van der Waals surface area (Å²) in [6, 6.07) is 8.23. The van der Waals surface area contributed by atoms with Gasteiger partial charge in [-0.25, -0.2) is 0 Å². The van der Waals surface area contributed by atoms with Crippen LogP contribution in [-0.4, -0.2) is 15.2 Å². The van der Waals surface area contributed by atoms with Crippen molar-refractivity contribution in [3.8, 4) is 11.1 Å². The van der Waals surface area contributed by atoms with E-state index in [1.165, 1.54) is 5.39 Å². The van der Waals surface area contributed by atoms with E-state index in [1.807, 2.05) is 25.3 Å². The normalized spacial score (nSPS) is 11.2. The van der Waals surface area contributed by atoms with Gasteiger partial charge in [-0.3, -0.25) is 5.10 Å². The van der Waals surface area contributed by atoms with E-state index >= 15 is 0 Å². The zero-order valence-corrected chi connectivity index (χ0v) is 9.62. The van der Waals surface area contributed by atoms with Gasteiger partial charge in [0.25, 0.3) is 0 Å². The van der Waals surface area contributed by atoms with Gasteiger partial charge in [-0.2, -0.15) is 5.10 Å². The monoisotopic (exact) mass is 226 g/mol. The second-order valence-electron chi connectivity index (χ2n) is 4.12. The third-order valence-corrected chi connectivity index (χ3v) is 3.07. The highest BCUT2D eigenvalue weighted by atomic mass is 15.1. The van der Waals surface area contributed by atoms with Crippen LogP contribution < -0.4 is 5.73 Å². The minimum Gasteiger partial charge on any atom is -0.361 e. The Morgan fingerprint density at radius 1 is 1.29 bits per heavy atom. The minimum absolute atomic E-state index is 0.444. The number of benzene rings is 1. The topological polar surface area (TPSA) is 70.5 Å². The lowest BCUT2D eigenvalue weighted by atomic mass is 10.0. The molecule has 2 heterocycles. The molecule has 3 aromatic rings. The zero-order chi connectivity index (χ0) is 11.8. The van der Waals surface area contributed by atoms with Crippen LogP contribution in [0.15, 0.2) is 30.5 Å². The van der Waals surface area contributed by atoms with Crippen molar-refractivity contribution >= 4 is 10.9 Å². The Kier molecular flexibility index (Phi) is 2.23. The first-order valence-corrected chi connectivity index (χ1v) is 5.61. The Balaban J connectivity index is 2.30. The van der Waals surface area contributed by atoms with E-state index in [1.54, 1.807) is 0 Å². The number of para-hydroxylation sites is 1. The SMILES string of the molecule is Cc1[nH]nc(CN)c1-c1c[nH]c2ccccc12. The Bertz CT molecular complexity index is 663. The number of fused-ring (bicyclic) bond motifs is 1. The maximum Gasteiger partial charge on any atom is 0.0839 e. The van der Waals surface area contributed by atoms with Crippen molar-refractivity contribution in [3.05, 3.63) is 41.9 Å². The molecule has 0 saturated carbocycles. The molecule has 0 spiro atoms. The van der Waals surface area contributed by atoms with E-state index in [0.717, 1.165) is 28.0 Å². The van der Waals surface area contributed by atoms with Crippen LogP contribution in [0.2, 0.25) is 0 Å². The van der Waals surface area contributed by atoms with Crippen LogP contribution in [0.3, 0.4) is 0 Å². The van der Waals surface area contributed by atoms with Gasteiger partial charge in [0.15, 0.2) is 0 Å². The fraction of sp³-hybridized carbons (Fsp3) is 0.154. The zero-order valence-electron chi connectivity index (χ0n) is 9.62. The van der Waals surface area contributed by atoms with E-state index in [2.05, 4.69) is 27.3 Å². The standard InChI is InChI=1S/C13H14N4/c1-8-13(12(6-14)17-16-8)10-7-15-11-5-3-2-4-9(10)11/h2-5,7,15H,6,14H2,1H3,(H,16,17). The van der Waals surface area contributed by atoms with Crippen LogP contribution in [-0.2, 0) is 6.54 Å². The van der Waals surface area contributed by atoms with Gasteiger partial charge >= 0.3 is 0 Å². The lowest BCUT2D eigenvalue weighted by molar-refractivity contribution is 0.940. The molecule has 0 fully saturated rings. The Labute approximate surface area is 98.8 Å². The number of aryl methyl sites for hydroxylation is 1. The first kappa shape index (κ1) is 10.1. The van der Waals surface area contributed by atoms with Gasteiger partial charge in [0.1, 0.15) is 0 Å². The second kappa shape index (κ2) is 3.75. The third kappa shape index (κ3) is 1.45. The largest absolute Gasteiger partial charge is 0.361 e. The number of aromatic nitrogens is 3. The van der Waals surface area contributed by atoms with Crippen LogP contribution in [0, 0.1) is 6.92 Å². The van der Waals surface area contributed by atoms with Crippen molar-refractivity contribution in [3.63, 3.8) is 0 Å². The Hall–Kier alpha value is -2.07. The fourth-order valence-corrected chi connectivity index (χ4v) is 2.26. The van der Waals surface area contributed by atoms with E-state index in [0.29, 0.717) is 6.54 Å². The van der Waals surface area contributed by atoms with Gasteiger partial charge in [0.05, 0.1) is 5.69 Å². The molecular formula is C13H14N4. The first-order valence-electron chi connectivity index (χ1n) is 5.61. The molecule has 4 N–H and O–H groups in total. The number of hydrogen-bond donors (Lipinski definition) is 3. The lowest BCUT2D eigenvalue weighted by Gasteiger charge is -2.00. The quantitative estimate of drug-likeness (QED) is 0.627. The number of nitrogens with two attached hydrogens (primary N) is 1. The number of nitrogens with one attached hydrogen (secondary N) is 2. The lowest BCUT2D eigenvalue weighted by Crippen LogP contribution is -1.98. The number of nitrogens with zero attached hydrogens (tertiary/aromatic N) is 1.